The number of hydrogen-bond donors (Lipinski definition) is 2. The van der Waals surface area contributed by atoms with Gasteiger partial charge < -0.3 is 4.42 Å². The Bertz CT molecular complexity index is 525. The molecule has 2 rings (SSSR count). The monoisotopic (exact) mass is 238 g/mol. The van der Waals surface area contributed by atoms with Gasteiger partial charge in [0.25, 0.3) is 0 Å². The van der Waals surface area contributed by atoms with E-state index in [1.54, 1.807) is 13.0 Å². The average molecular weight is 238 g/mol. The van der Waals surface area contributed by atoms with Crippen molar-refractivity contribution in [3.63, 3.8) is 0 Å². The summed E-state index contributed by atoms with van der Waals surface area (Å²) in [5.41, 5.74) is 3.24. The van der Waals surface area contributed by atoms with Crippen molar-refractivity contribution in [2.75, 3.05) is 0 Å². The number of nitrogens with one attached hydrogen (secondary N) is 1. The van der Waals surface area contributed by atoms with Crippen LogP contribution in [0.15, 0.2) is 34.9 Å². The van der Waals surface area contributed by atoms with E-state index in [-0.39, 0.29) is 5.56 Å². The van der Waals surface area contributed by atoms with Gasteiger partial charge in [0.15, 0.2) is 0 Å². The molecule has 0 saturated carbocycles. The maximum absolute atomic E-state index is 13.6. The quantitative estimate of drug-likeness (QED) is 0.637. The van der Waals surface area contributed by atoms with Gasteiger partial charge in [-0.05, 0) is 31.2 Å². The van der Waals surface area contributed by atoms with Gasteiger partial charge in [-0.1, -0.05) is 0 Å². The van der Waals surface area contributed by atoms with Gasteiger partial charge in [0.2, 0.25) is 0 Å². The van der Waals surface area contributed by atoms with Crippen LogP contribution in [0, 0.1) is 18.6 Å². The zero-order valence-electron chi connectivity index (χ0n) is 9.21. The molecule has 1 unspecified atom stereocenters. The van der Waals surface area contributed by atoms with Crippen molar-refractivity contribution in [2.45, 2.75) is 13.0 Å². The minimum atomic E-state index is -0.636. The first-order valence-electron chi connectivity index (χ1n) is 5.08. The molecule has 90 valence electrons. The lowest BCUT2D eigenvalue weighted by Crippen LogP contribution is -2.29. The van der Waals surface area contributed by atoms with E-state index in [0.717, 1.165) is 18.2 Å². The van der Waals surface area contributed by atoms with Gasteiger partial charge in [-0.3, -0.25) is 5.84 Å². The van der Waals surface area contributed by atoms with E-state index in [1.165, 1.54) is 6.26 Å². The maximum Gasteiger partial charge on any atom is 0.128 e. The zero-order valence-corrected chi connectivity index (χ0v) is 9.21. The molecule has 2 aromatic rings. The molecule has 0 amide bonds. The Morgan fingerprint density at radius 2 is 2.06 bits per heavy atom. The van der Waals surface area contributed by atoms with Gasteiger partial charge in [-0.2, -0.15) is 0 Å². The van der Waals surface area contributed by atoms with Crippen LogP contribution in [0.25, 0.3) is 0 Å². The molecular formula is C12H12F2N2O. The Labute approximate surface area is 97.2 Å². The molecule has 1 atom stereocenters. The predicted octanol–water partition coefficient (Wildman–Crippen LogP) is 2.42. The summed E-state index contributed by atoms with van der Waals surface area (Å²) in [4.78, 5) is 0. The highest BCUT2D eigenvalue weighted by molar-refractivity contribution is 5.32. The zero-order chi connectivity index (χ0) is 12.4. The minimum absolute atomic E-state index is 0.147. The number of halogens is 2. The van der Waals surface area contributed by atoms with E-state index in [1.807, 2.05) is 0 Å². The molecular weight excluding hydrogens is 226 g/mol. The first kappa shape index (κ1) is 11.8. The first-order chi connectivity index (χ1) is 8.11. The largest absolute Gasteiger partial charge is 0.469 e. The van der Waals surface area contributed by atoms with E-state index in [0.29, 0.717) is 11.3 Å². The summed E-state index contributed by atoms with van der Waals surface area (Å²) in [7, 11) is 0. The fourth-order valence-electron chi connectivity index (χ4n) is 1.72. The van der Waals surface area contributed by atoms with E-state index >= 15 is 0 Å². The van der Waals surface area contributed by atoms with Crippen LogP contribution in [0.5, 0.6) is 0 Å². The third-order valence-electron chi connectivity index (χ3n) is 2.52. The van der Waals surface area contributed by atoms with Crippen LogP contribution in [0.2, 0.25) is 0 Å². The molecule has 0 radical (unpaired) electrons. The van der Waals surface area contributed by atoms with Crippen molar-refractivity contribution in [3.05, 3.63) is 59.1 Å². The van der Waals surface area contributed by atoms with Crippen LogP contribution in [0.4, 0.5) is 8.78 Å². The van der Waals surface area contributed by atoms with Gasteiger partial charge in [-0.25, -0.2) is 14.2 Å². The first-order valence-corrected chi connectivity index (χ1v) is 5.08. The van der Waals surface area contributed by atoms with Crippen LogP contribution in [0.1, 0.15) is 22.9 Å². The lowest BCUT2D eigenvalue weighted by molar-refractivity contribution is 0.518. The van der Waals surface area contributed by atoms with Crippen LogP contribution < -0.4 is 11.3 Å². The van der Waals surface area contributed by atoms with Gasteiger partial charge in [0, 0.05) is 11.1 Å². The molecule has 3 N–H and O–H groups in total. The summed E-state index contributed by atoms with van der Waals surface area (Å²) >= 11 is 0. The van der Waals surface area contributed by atoms with Crippen molar-refractivity contribution in [1.29, 1.82) is 0 Å². The number of furan rings is 1. The number of hydrazine groups is 1. The second-order valence-corrected chi connectivity index (χ2v) is 3.76. The Balaban J connectivity index is 2.45. The number of hydrogen-bond acceptors (Lipinski definition) is 3. The third-order valence-corrected chi connectivity index (χ3v) is 2.52. The number of aryl methyl sites for hydroxylation is 1. The van der Waals surface area contributed by atoms with Crippen molar-refractivity contribution >= 4 is 0 Å². The molecule has 1 aromatic heterocycles. The molecule has 17 heavy (non-hydrogen) atoms. The van der Waals surface area contributed by atoms with Gasteiger partial charge in [0.1, 0.15) is 17.4 Å². The van der Waals surface area contributed by atoms with E-state index in [4.69, 9.17) is 10.3 Å². The third kappa shape index (κ3) is 2.35. The fraction of sp³-hybridized carbons (Fsp3) is 0.167. The second-order valence-electron chi connectivity index (χ2n) is 3.76. The number of benzene rings is 1. The maximum atomic E-state index is 13.6. The highest BCUT2D eigenvalue weighted by Gasteiger charge is 2.19. The molecule has 5 heteroatoms. The summed E-state index contributed by atoms with van der Waals surface area (Å²) in [5, 5.41) is 0. The van der Waals surface area contributed by atoms with Gasteiger partial charge >= 0.3 is 0 Å². The SMILES string of the molecule is Cc1cc(C(NN)c2cc(F)ccc2F)co1. The summed E-state index contributed by atoms with van der Waals surface area (Å²) in [5.74, 6) is 5.03. The number of nitrogens with two attached hydrogens (primary N) is 1. The van der Waals surface area contributed by atoms with Crippen LogP contribution in [0.3, 0.4) is 0 Å². The topological polar surface area (TPSA) is 51.2 Å². The Morgan fingerprint density at radius 3 is 2.65 bits per heavy atom. The van der Waals surface area contributed by atoms with E-state index in [2.05, 4.69) is 5.43 Å². The number of rotatable bonds is 3. The average Bonchev–Trinajstić information content (AvgIpc) is 2.71. The molecule has 1 heterocycles. The Morgan fingerprint density at radius 1 is 1.29 bits per heavy atom. The van der Waals surface area contributed by atoms with Crippen LogP contribution in [-0.4, -0.2) is 0 Å². The summed E-state index contributed by atoms with van der Waals surface area (Å²) < 4.78 is 31.8. The minimum Gasteiger partial charge on any atom is -0.469 e. The lowest BCUT2D eigenvalue weighted by atomic mass is 10.0. The van der Waals surface area contributed by atoms with Crippen molar-refractivity contribution in [1.82, 2.24) is 5.43 Å². The summed E-state index contributed by atoms with van der Waals surface area (Å²) in [6, 6.07) is 4.33. The molecule has 0 fully saturated rings. The predicted molar refractivity (Wildman–Crippen MR) is 59.0 cm³/mol. The molecule has 0 bridgehead atoms. The highest BCUT2D eigenvalue weighted by atomic mass is 19.1. The van der Waals surface area contributed by atoms with Crippen molar-refractivity contribution in [2.24, 2.45) is 5.84 Å². The van der Waals surface area contributed by atoms with E-state index < -0.39 is 17.7 Å². The standard InChI is InChI=1S/C12H12F2N2O/c1-7-4-8(6-17-7)12(16-15)10-5-9(13)2-3-11(10)14/h2-6,12,16H,15H2,1H3. The molecule has 0 aliphatic rings. The van der Waals surface area contributed by atoms with Crippen LogP contribution >= 0.6 is 0 Å². The Kier molecular flexibility index (Phi) is 3.21. The molecule has 0 saturated heterocycles. The molecule has 3 nitrogen and oxygen atoms in total. The highest BCUT2D eigenvalue weighted by Crippen LogP contribution is 2.25. The summed E-state index contributed by atoms with van der Waals surface area (Å²) in [6.45, 7) is 1.76. The smallest absolute Gasteiger partial charge is 0.128 e. The van der Waals surface area contributed by atoms with Crippen LogP contribution in [-0.2, 0) is 0 Å². The Hall–Kier alpha value is -1.72. The molecule has 1 aromatic carbocycles. The van der Waals surface area contributed by atoms with Gasteiger partial charge in [-0.15, -0.1) is 0 Å². The van der Waals surface area contributed by atoms with Gasteiger partial charge in [0.05, 0.1) is 12.3 Å². The molecule has 0 spiro atoms. The molecule has 0 aliphatic heterocycles. The van der Waals surface area contributed by atoms with Crippen molar-refractivity contribution in [3.8, 4) is 0 Å². The van der Waals surface area contributed by atoms with E-state index in [9.17, 15) is 8.78 Å². The normalized spacial score (nSPS) is 12.7. The fourth-order valence-corrected chi connectivity index (χ4v) is 1.72. The second kappa shape index (κ2) is 4.65. The lowest BCUT2D eigenvalue weighted by Gasteiger charge is -2.15. The molecule has 0 aliphatic carbocycles. The van der Waals surface area contributed by atoms with Crippen molar-refractivity contribution < 1.29 is 13.2 Å². The summed E-state index contributed by atoms with van der Waals surface area (Å²) in [6.07, 6.45) is 1.46.